The van der Waals surface area contributed by atoms with Crippen LogP contribution < -0.4 is 16.6 Å². The minimum absolute atomic E-state index is 0.0228. The van der Waals surface area contributed by atoms with Gasteiger partial charge in [-0.1, -0.05) is 29.8 Å². The summed E-state index contributed by atoms with van der Waals surface area (Å²) in [6.07, 6.45) is 1.25. The van der Waals surface area contributed by atoms with Gasteiger partial charge in [-0.2, -0.15) is 14.8 Å². The van der Waals surface area contributed by atoms with Gasteiger partial charge in [-0.05, 0) is 39.3 Å². The number of carbonyl (C=O) groups is 1. The molecule has 0 fully saturated rings. The summed E-state index contributed by atoms with van der Waals surface area (Å²) in [6.45, 7) is 7.71. The zero-order valence-electron chi connectivity index (χ0n) is 18.1. The molecular formula is C21H26N6O4. The molecular weight excluding hydrogens is 400 g/mol. The number of nitrogens with one attached hydrogen (secondary N) is 1. The molecule has 0 unspecified atom stereocenters. The van der Waals surface area contributed by atoms with Crippen molar-refractivity contribution in [2.45, 2.75) is 59.5 Å². The predicted octanol–water partition coefficient (Wildman–Crippen LogP) is 1.62. The first kappa shape index (κ1) is 22.1. The molecule has 0 saturated carbocycles. The van der Waals surface area contributed by atoms with Crippen molar-refractivity contribution in [1.82, 2.24) is 29.8 Å². The van der Waals surface area contributed by atoms with Gasteiger partial charge in [-0.3, -0.25) is 14.2 Å². The molecule has 3 rings (SSSR count). The summed E-state index contributed by atoms with van der Waals surface area (Å²) in [5, 5.41) is 10.9. The summed E-state index contributed by atoms with van der Waals surface area (Å²) >= 11 is 0. The first-order chi connectivity index (χ1) is 14.8. The minimum Gasteiger partial charge on any atom is -0.354 e. The monoisotopic (exact) mass is 426 g/mol. The third-order valence-corrected chi connectivity index (χ3v) is 4.92. The van der Waals surface area contributed by atoms with Gasteiger partial charge in [0.05, 0.1) is 5.69 Å². The van der Waals surface area contributed by atoms with Crippen LogP contribution in [0.25, 0.3) is 17.2 Å². The zero-order valence-corrected chi connectivity index (χ0v) is 18.1. The third-order valence-electron chi connectivity index (χ3n) is 4.92. The van der Waals surface area contributed by atoms with Crippen molar-refractivity contribution in [3.8, 4) is 17.2 Å². The average molecular weight is 426 g/mol. The molecule has 0 radical (unpaired) electrons. The van der Waals surface area contributed by atoms with Crippen molar-refractivity contribution in [2.24, 2.45) is 0 Å². The summed E-state index contributed by atoms with van der Waals surface area (Å²) in [7, 11) is 0. The van der Waals surface area contributed by atoms with Crippen molar-refractivity contribution in [1.29, 1.82) is 0 Å². The molecule has 0 aliphatic heterocycles. The largest absolute Gasteiger partial charge is 0.354 e. The minimum atomic E-state index is -0.599. The molecule has 1 amide bonds. The highest BCUT2D eigenvalue weighted by molar-refractivity contribution is 5.76. The molecule has 2 aromatic heterocycles. The Labute approximate surface area is 178 Å². The van der Waals surface area contributed by atoms with Gasteiger partial charge in [0.2, 0.25) is 17.6 Å². The van der Waals surface area contributed by atoms with Crippen LogP contribution in [0.3, 0.4) is 0 Å². The molecule has 0 bridgehead atoms. The number of aromatic nitrogens is 5. The number of amides is 1. The molecule has 164 valence electrons. The Morgan fingerprint density at radius 2 is 1.90 bits per heavy atom. The van der Waals surface area contributed by atoms with Gasteiger partial charge < -0.3 is 9.84 Å². The van der Waals surface area contributed by atoms with Crippen LogP contribution >= 0.6 is 0 Å². The molecule has 1 aromatic carbocycles. The van der Waals surface area contributed by atoms with Crippen molar-refractivity contribution in [3.63, 3.8) is 0 Å². The summed E-state index contributed by atoms with van der Waals surface area (Å²) in [5.41, 5.74) is 0.301. The van der Waals surface area contributed by atoms with E-state index in [2.05, 4.69) is 20.6 Å². The fraction of sp³-hybridized carbons (Fsp3) is 0.429. The van der Waals surface area contributed by atoms with Crippen LogP contribution in [0.2, 0.25) is 0 Å². The van der Waals surface area contributed by atoms with Crippen LogP contribution in [0.1, 0.15) is 45.1 Å². The van der Waals surface area contributed by atoms with E-state index in [1.54, 1.807) is 19.1 Å². The maximum absolute atomic E-state index is 12.8. The van der Waals surface area contributed by atoms with Crippen molar-refractivity contribution in [3.05, 3.63) is 56.6 Å². The highest BCUT2D eigenvalue weighted by Gasteiger charge is 2.20. The van der Waals surface area contributed by atoms with Crippen LogP contribution in [0, 0.1) is 6.92 Å². The Bertz CT molecular complexity index is 1180. The normalized spacial score (nSPS) is 12.0. The molecule has 10 nitrogen and oxygen atoms in total. The number of hydrogen-bond donors (Lipinski definition) is 1. The van der Waals surface area contributed by atoms with Gasteiger partial charge in [0.1, 0.15) is 0 Å². The highest BCUT2D eigenvalue weighted by atomic mass is 16.5. The summed E-state index contributed by atoms with van der Waals surface area (Å²) in [4.78, 5) is 41.7. The lowest BCUT2D eigenvalue weighted by atomic mass is 10.2. The van der Waals surface area contributed by atoms with Gasteiger partial charge in [0, 0.05) is 25.4 Å². The van der Waals surface area contributed by atoms with E-state index in [0.29, 0.717) is 5.69 Å². The highest BCUT2D eigenvalue weighted by Crippen LogP contribution is 2.11. The Hall–Kier alpha value is -3.56. The van der Waals surface area contributed by atoms with Crippen molar-refractivity contribution >= 4 is 5.91 Å². The molecule has 2 heterocycles. The van der Waals surface area contributed by atoms with E-state index < -0.39 is 11.2 Å². The van der Waals surface area contributed by atoms with E-state index >= 15 is 0 Å². The first-order valence-corrected chi connectivity index (χ1v) is 10.3. The lowest BCUT2D eigenvalue weighted by Gasteiger charge is -2.10. The van der Waals surface area contributed by atoms with Crippen LogP contribution in [0.5, 0.6) is 0 Å². The number of benzene rings is 1. The van der Waals surface area contributed by atoms with Gasteiger partial charge in [0.25, 0.3) is 5.56 Å². The summed E-state index contributed by atoms with van der Waals surface area (Å²) < 4.78 is 7.42. The number of carbonyl (C=O) groups excluding carboxylic acids is 1. The van der Waals surface area contributed by atoms with Crippen LogP contribution in [-0.4, -0.2) is 36.4 Å². The topological polar surface area (TPSA) is 125 Å². The van der Waals surface area contributed by atoms with E-state index in [0.717, 1.165) is 21.2 Å². The molecule has 31 heavy (non-hydrogen) atoms. The van der Waals surface area contributed by atoms with Crippen molar-refractivity contribution < 1.29 is 9.32 Å². The van der Waals surface area contributed by atoms with E-state index in [1.807, 2.05) is 32.9 Å². The summed E-state index contributed by atoms with van der Waals surface area (Å²) in [6, 6.07) is 7.28. The van der Waals surface area contributed by atoms with Crippen molar-refractivity contribution in [2.75, 3.05) is 0 Å². The second kappa shape index (κ2) is 9.50. The summed E-state index contributed by atoms with van der Waals surface area (Å²) in [5.74, 6) is 0.0746. The molecule has 0 aliphatic rings. The predicted molar refractivity (Wildman–Crippen MR) is 114 cm³/mol. The zero-order chi connectivity index (χ0) is 22.5. The second-order valence-electron chi connectivity index (χ2n) is 7.32. The van der Waals surface area contributed by atoms with Gasteiger partial charge in [-0.15, -0.1) is 0 Å². The Morgan fingerprint density at radius 1 is 1.19 bits per heavy atom. The smallest absolute Gasteiger partial charge is 0.352 e. The molecule has 0 saturated heterocycles. The van der Waals surface area contributed by atoms with Crippen LogP contribution in [0.15, 0.2) is 38.4 Å². The lowest BCUT2D eigenvalue weighted by molar-refractivity contribution is -0.121. The lowest BCUT2D eigenvalue weighted by Crippen LogP contribution is -2.41. The maximum Gasteiger partial charge on any atom is 0.352 e. The molecule has 3 aromatic rings. The molecule has 0 aliphatic carbocycles. The van der Waals surface area contributed by atoms with E-state index in [1.165, 1.54) is 0 Å². The van der Waals surface area contributed by atoms with E-state index in [-0.39, 0.29) is 48.7 Å². The Kier molecular flexibility index (Phi) is 6.78. The third kappa shape index (κ3) is 4.96. The number of rotatable bonds is 8. The number of hydrogen-bond acceptors (Lipinski definition) is 7. The van der Waals surface area contributed by atoms with Gasteiger partial charge >= 0.3 is 5.69 Å². The van der Waals surface area contributed by atoms with E-state index in [9.17, 15) is 14.4 Å². The molecule has 0 spiro atoms. The van der Waals surface area contributed by atoms with Crippen LogP contribution in [-0.2, 0) is 17.8 Å². The van der Waals surface area contributed by atoms with E-state index in [4.69, 9.17) is 4.52 Å². The first-order valence-electron chi connectivity index (χ1n) is 10.3. The number of aryl methyl sites for hydroxylation is 2. The van der Waals surface area contributed by atoms with Gasteiger partial charge in [-0.25, -0.2) is 4.79 Å². The average Bonchev–Trinajstić information content (AvgIpc) is 3.22. The molecule has 10 heteroatoms. The fourth-order valence-electron chi connectivity index (χ4n) is 2.91. The van der Waals surface area contributed by atoms with Crippen LogP contribution in [0.4, 0.5) is 0 Å². The standard InChI is InChI=1S/C21H26N6O4/c1-5-14(4)22-16(28)11-12-17-23-19(25-31-17)18-20(29)26(6-2)21(30)27(24-18)15-9-7-13(3)8-10-15/h7-10,14H,5-6,11-12H2,1-4H3,(H,22,28)/t14-/m1/s1. The quantitative estimate of drug-likeness (QED) is 0.580. The fourth-order valence-corrected chi connectivity index (χ4v) is 2.91. The Balaban J connectivity index is 1.92. The molecule has 1 atom stereocenters. The van der Waals surface area contributed by atoms with Gasteiger partial charge in [0.15, 0.2) is 5.69 Å². The maximum atomic E-state index is 12.8. The second-order valence-corrected chi connectivity index (χ2v) is 7.32. The SMILES string of the molecule is CC[C@@H](C)NC(=O)CCc1nc(-c2nn(-c3ccc(C)cc3)c(=O)n(CC)c2=O)no1. The molecule has 1 N–H and O–H groups in total. The Morgan fingerprint density at radius 3 is 2.55 bits per heavy atom. The number of nitrogens with zero attached hydrogens (tertiary/aromatic N) is 5.